The van der Waals surface area contributed by atoms with Gasteiger partial charge in [0.25, 0.3) is 5.56 Å². The van der Waals surface area contributed by atoms with Gasteiger partial charge in [-0.2, -0.15) is 0 Å². The first-order valence-corrected chi connectivity index (χ1v) is 5.88. The van der Waals surface area contributed by atoms with Crippen molar-refractivity contribution in [3.8, 4) is 5.75 Å². The Hall–Kier alpha value is -1.94. The molecule has 2 rings (SSSR count). The van der Waals surface area contributed by atoms with Gasteiger partial charge in [0.2, 0.25) is 0 Å². The summed E-state index contributed by atoms with van der Waals surface area (Å²) in [6.45, 7) is 0.881. The predicted octanol–water partition coefficient (Wildman–Crippen LogP) is 2.16. The van der Waals surface area contributed by atoms with Crippen LogP contribution in [0.5, 0.6) is 5.75 Å². The normalized spacial score (nSPS) is 10.3. The number of nitrogen functional groups attached to an aromatic ring is 1. The highest BCUT2D eigenvalue weighted by molar-refractivity contribution is 6.33. The fourth-order valence-electron chi connectivity index (χ4n) is 1.50. The molecule has 0 aliphatic carbocycles. The third-order valence-electron chi connectivity index (χ3n) is 2.47. The zero-order chi connectivity index (χ0) is 13.0. The average Bonchev–Trinajstić information content (AvgIpc) is 2.36. The summed E-state index contributed by atoms with van der Waals surface area (Å²) in [5, 5.41) is 0.462. The van der Waals surface area contributed by atoms with Crippen LogP contribution in [0.3, 0.4) is 0 Å². The number of anilines is 1. The lowest BCUT2D eigenvalue weighted by molar-refractivity contribution is 0.296. The molecule has 94 valence electrons. The minimum atomic E-state index is -0.0450. The molecule has 1 aromatic carbocycles. The van der Waals surface area contributed by atoms with E-state index in [1.54, 1.807) is 35.0 Å². The zero-order valence-corrected chi connectivity index (χ0v) is 10.4. The van der Waals surface area contributed by atoms with Crippen LogP contribution in [0.2, 0.25) is 5.02 Å². The van der Waals surface area contributed by atoms with Gasteiger partial charge in [0.1, 0.15) is 12.4 Å². The molecule has 0 saturated carbocycles. The molecule has 2 aromatic rings. The Bertz CT molecular complexity index is 596. The average molecular weight is 265 g/mol. The van der Waals surface area contributed by atoms with Gasteiger partial charge in [-0.15, -0.1) is 0 Å². The summed E-state index contributed by atoms with van der Waals surface area (Å²) in [5.74, 6) is 0.637. The molecule has 0 aliphatic heterocycles. The van der Waals surface area contributed by atoms with Crippen LogP contribution in [0.4, 0.5) is 5.69 Å². The first-order valence-electron chi connectivity index (χ1n) is 5.50. The van der Waals surface area contributed by atoms with E-state index < -0.39 is 0 Å². The van der Waals surface area contributed by atoms with E-state index in [0.29, 0.717) is 29.6 Å². The predicted molar refractivity (Wildman–Crippen MR) is 72.1 cm³/mol. The maximum atomic E-state index is 11.4. The van der Waals surface area contributed by atoms with E-state index in [-0.39, 0.29) is 5.56 Å². The van der Waals surface area contributed by atoms with E-state index in [9.17, 15) is 4.79 Å². The number of halogens is 1. The molecule has 0 saturated heterocycles. The third-order valence-corrected chi connectivity index (χ3v) is 2.80. The van der Waals surface area contributed by atoms with E-state index >= 15 is 0 Å². The highest BCUT2D eigenvalue weighted by atomic mass is 35.5. The van der Waals surface area contributed by atoms with Gasteiger partial charge in [-0.05, 0) is 18.2 Å². The minimum Gasteiger partial charge on any atom is -0.492 e. The van der Waals surface area contributed by atoms with Crippen molar-refractivity contribution in [1.82, 2.24) is 4.57 Å². The van der Waals surface area contributed by atoms with Crippen molar-refractivity contribution in [2.24, 2.45) is 0 Å². The number of aromatic nitrogens is 1. The zero-order valence-electron chi connectivity index (χ0n) is 9.67. The van der Waals surface area contributed by atoms with E-state index in [2.05, 4.69) is 0 Å². The van der Waals surface area contributed by atoms with Crippen molar-refractivity contribution in [3.05, 3.63) is 58.0 Å². The van der Waals surface area contributed by atoms with Gasteiger partial charge in [-0.1, -0.05) is 17.7 Å². The Labute approximate surface area is 110 Å². The lowest BCUT2D eigenvalue weighted by atomic mass is 10.3. The summed E-state index contributed by atoms with van der Waals surface area (Å²) < 4.78 is 7.08. The van der Waals surface area contributed by atoms with Crippen molar-refractivity contribution in [3.63, 3.8) is 0 Å². The lowest BCUT2D eigenvalue weighted by Gasteiger charge is -2.08. The van der Waals surface area contributed by atoms with Crippen LogP contribution in [0.1, 0.15) is 0 Å². The number of nitrogens with two attached hydrogens (primary N) is 1. The molecule has 1 heterocycles. The molecule has 2 N–H and O–H groups in total. The second kappa shape index (κ2) is 5.60. The Morgan fingerprint density at radius 3 is 2.83 bits per heavy atom. The largest absolute Gasteiger partial charge is 0.492 e. The SMILES string of the molecule is Nc1ccc(OCCn2ccccc2=O)cc1Cl. The number of ether oxygens (including phenoxy) is 1. The lowest BCUT2D eigenvalue weighted by Crippen LogP contribution is -2.21. The van der Waals surface area contributed by atoms with E-state index in [0.717, 1.165) is 0 Å². The van der Waals surface area contributed by atoms with Gasteiger partial charge in [-0.3, -0.25) is 4.79 Å². The molecule has 0 bridgehead atoms. The van der Waals surface area contributed by atoms with Gasteiger partial charge in [0.05, 0.1) is 17.3 Å². The molecule has 5 heteroatoms. The Morgan fingerprint density at radius 2 is 2.11 bits per heavy atom. The van der Waals surface area contributed by atoms with Crippen molar-refractivity contribution >= 4 is 17.3 Å². The molecular weight excluding hydrogens is 252 g/mol. The summed E-state index contributed by atoms with van der Waals surface area (Å²) in [6, 6.07) is 10.1. The van der Waals surface area contributed by atoms with Crippen LogP contribution in [0.25, 0.3) is 0 Å². The first-order chi connectivity index (χ1) is 8.66. The fourth-order valence-corrected chi connectivity index (χ4v) is 1.68. The van der Waals surface area contributed by atoms with Gasteiger partial charge in [0, 0.05) is 18.3 Å². The van der Waals surface area contributed by atoms with Crippen LogP contribution >= 0.6 is 11.6 Å². The molecule has 0 radical (unpaired) electrons. The van der Waals surface area contributed by atoms with E-state index in [1.165, 1.54) is 6.07 Å². The van der Waals surface area contributed by atoms with Crippen LogP contribution in [0, 0.1) is 0 Å². The van der Waals surface area contributed by atoms with Crippen LogP contribution in [-0.4, -0.2) is 11.2 Å². The van der Waals surface area contributed by atoms with Gasteiger partial charge in [0.15, 0.2) is 0 Å². The summed E-state index contributed by atoms with van der Waals surface area (Å²) in [5.41, 5.74) is 6.07. The quantitative estimate of drug-likeness (QED) is 0.861. The van der Waals surface area contributed by atoms with Gasteiger partial charge in [-0.25, -0.2) is 0 Å². The second-order valence-corrected chi connectivity index (χ2v) is 4.17. The Kier molecular flexibility index (Phi) is 3.89. The van der Waals surface area contributed by atoms with Crippen LogP contribution < -0.4 is 16.0 Å². The molecule has 0 unspecified atom stereocenters. The molecule has 1 aromatic heterocycles. The molecule has 0 fully saturated rings. The van der Waals surface area contributed by atoms with E-state index in [4.69, 9.17) is 22.1 Å². The van der Waals surface area contributed by atoms with Crippen molar-refractivity contribution in [2.45, 2.75) is 6.54 Å². The number of hydrogen-bond donors (Lipinski definition) is 1. The molecule has 4 nitrogen and oxygen atoms in total. The third kappa shape index (κ3) is 3.05. The second-order valence-electron chi connectivity index (χ2n) is 3.76. The van der Waals surface area contributed by atoms with Crippen molar-refractivity contribution < 1.29 is 4.74 Å². The number of pyridine rings is 1. The first kappa shape index (κ1) is 12.5. The summed E-state index contributed by atoms with van der Waals surface area (Å²) in [6.07, 6.45) is 1.72. The smallest absolute Gasteiger partial charge is 0.250 e. The number of rotatable bonds is 4. The summed E-state index contributed by atoms with van der Waals surface area (Å²) in [7, 11) is 0. The van der Waals surface area contributed by atoms with Gasteiger partial charge >= 0.3 is 0 Å². The standard InChI is InChI=1S/C13H13ClN2O2/c14-11-9-10(4-5-12(11)15)18-8-7-16-6-2-1-3-13(16)17/h1-6,9H,7-8,15H2. The molecule has 0 spiro atoms. The number of hydrogen-bond acceptors (Lipinski definition) is 3. The maximum absolute atomic E-state index is 11.4. The molecular formula is C13H13ClN2O2. The minimum absolute atomic E-state index is 0.0450. The summed E-state index contributed by atoms with van der Waals surface area (Å²) >= 11 is 5.87. The molecule has 0 aliphatic rings. The highest BCUT2D eigenvalue weighted by Gasteiger charge is 2.00. The topological polar surface area (TPSA) is 57.2 Å². The molecule has 0 amide bonds. The number of benzene rings is 1. The van der Waals surface area contributed by atoms with Crippen molar-refractivity contribution in [2.75, 3.05) is 12.3 Å². The Balaban J connectivity index is 1.95. The number of nitrogens with zero attached hydrogens (tertiary/aromatic N) is 1. The van der Waals surface area contributed by atoms with E-state index in [1.807, 2.05) is 6.07 Å². The van der Waals surface area contributed by atoms with Crippen LogP contribution in [-0.2, 0) is 6.54 Å². The summed E-state index contributed by atoms with van der Waals surface area (Å²) in [4.78, 5) is 11.4. The molecule has 18 heavy (non-hydrogen) atoms. The fraction of sp³-hybridized carbons (Fsp3) is 0.154. The van der Waals surface area contributed by atoms with Crippen LogP contribution in [0.15, 0.2) is 47.4 Å². The van der Waals surface area contributed by atoms with Gasteiger partial charge < -0.3 is 15.0 Å². The highest BCUT2D eigenvalue weighted by Crippen LogP contribution is 2.23. The molecule has 0 atom stereocenters. The monoisotopic (exact) mass is 264 g/mol. The Morgan fingerprint density at radius 1 is 1.28 bits per heavy atom. The maximum Gasteiger partial charge on any atom is 0.250 e. The van der Waals surface area contributed by atoms with Crippen molar-refractivity contribution in [1.29, 1.82) is 0 Å².